The van der Waals surface area contributed by atoms with Crippen LogP contribution < -0.4 is 10.1 Å². The van der Waals surface area contributed by atoms with E-state index in [1.165, 1.54) is 38.5 Å². The molecule has 0 amide bonds. The van der Waals surface area contributed by atoms with E-state index in [0.29, 0.717) is 0 Å². The van der Waals surface area contributed by atoms with Crippen molar-refractivity contribution < 1.29 is 4.74 Å². The highest BCUT2D eigenvalue weighted by atomic mass is 16.5. The van der Waals surface area contributed by atoms with Gasteiger partial charge in [0.25, 0.3) is 0 Å². The number of hydrogen-bond donors (Lipinski definition) is 1. The fraction of sp³-hybridized carbons (Fsp3) is 0.667. The van der Waals surface area contributed by atoms with Crippen LogP contribution in [0.15, 0.2) is 18.3 Å². The topological polar surface area (TPSA) is 34.2 Å². The Morgan fingerprint density at radius 1 is 1.17 bits per heavy atom. The monoisotopic (exact) mass is 250 g/mol. The third-order valence-electron chi connectivity index (χ3n) is 3.07. The van der Waals surface area contributed by atoms with E-state index < -0.39 is 0 Å². The molecule has 0 radical (unpaired) electrons. The Morgan fingerprint density at radius 3 is 2.72 bits per heavy atom. The molecule has 0 spiro atoms. The summed E-state index contributed by atoms with van der Waals surface area (Å²) in [6, 6.07) is 4.00. The average molecular weight is 250 g/mol. The van der Waals surface area contributed by atoms with Crippen LogP contribution in [0.3, 0.4) is 0 Å². The van der Waals surface area contributed by atoms with Crippen LogP contribution in [-0.2, 0) is 6.54 Å². The quantitative estimate of drug-likeness (QED) is 0.645. The minimum atomic E-state index is 0.730. The summed E-state index contributed by atoms with van der Waals surface area (Å²) >= 11 is 0. The van der Waals surface area contributed by atoms with Crippen LogP contribution in [-0.4, -0.2) is 18.6 Å². The van der Waals surface area contributed by atoms with Gasteiger partial charge in [0.2, 0.25) is 5.88 Å². The fourth-order valence-corrected chi connectivity index (χ4v) is 2.00. The second-order valence-electron chi connectivity index (χ2n) is 4.62. The summed E-state index contributed by atoms with van der Waals surface area (Å²) in [6.45, 7) is 4.17. The van der Waals surface area contributed by atoms with E-state index in [-0.39, 0.29) is 0 Å². The van der Waals surface area contributed by atoms with Crippen LogP contribution in [0.4, 0.5) is 0 Å². The highest BCUT2D eigenvalue weighted by molar-refractivity contribution is 5.24. The first kappa shape index (κ1) is 15.0. The maximum atomic E-state index is 5.22. The zero-order valence-corrected chi connectivity index (χ0v) is 11.7. The molecular formula is C15H26N2O. The van der Waals surface area contributed by atoms with Gasteiger partial charge in [-0.2, -0.15) is 0 Å². The summed E-state index contributed by atoms with van der Waals surface area (Å²) in [4.78, 5) is 4.18. The lowest BCUT2D eigenvalue weighted by molar-refractivity contribution is 0.390. The molecule has 0 bridgehead atoms. The molecule has 0 saturated heterocycles. The van der Waals surface area contributed by atoms with E-state index in [4.69, 9.17) is 4.74 Å². The first-order valence-corrected chi connectivity index (χ1v) is 7.07. The summed E-state index contributed by atoms with van der Waals surface area (Å²) in [5.41, 5.74) is 1.13. The lowest BCUT2D eigenvalue weighted by Crippen LogP contribution is -2.15. The molecule has 3 nitrogen and oxygen atoms in total. The number of hydrogen-bond acceptors (Lipinski definition) is 3. The molecule has 18 heavy (non-hydrogen) atoms. The van der Waals surface area contributed by atoms with Gasteiger partial charge in [-0.15, -0.1) is 0 Å². The van der Waals surface area contributed by atoms with Crippen molar-refractivity contribution in [3.8, 4) is 5.88 Å². The molecule has 1 aromatic heterocycles. The van der Waals surface area contributed by atoms with Crippen LogP contribution >= 0.6 is 0 Å². The Labute approximate surface area is 111 Å². The van der Waals surface area contributed by atoms with E-state index >= 15 is 0 Å². The second kappa shape index (κ2) is 9.89. The predicted molar refractivity (Wildman–Crippen MR) is 75.9 cm³/mol. The molecule has 1 aromatic rings. The Kier molecular flexibility index (Phi) is 8.23. The third kappa shape index (κ3) is 6.01. The van der Waals surface area contributed by atoms with Crippen molar-refractivity contribution in [1.29, 1.82) is 0 Å². The van der Waals surface area contributed by atoms with Gasteiger partial charge in [-0.1, -0.05) is 45.1 Å². The van der Waals surface area contributed by atoms with Crippen molar-refractivity contribution in [3.63, 3.8) is 0 Å². The number of nitrogens with one attached hydrogen (secondary N) is 1. The number of pyridine rings is 1. The van der Waals surface area contributed by atoms with Gasteiger partial charge >= 0.3 is 0 Å². The summed E-state index contributed by atoms with van der Waals surface area (Å²) in [6.07, 6.45) is 9.79. The lowest BCUT2D eigenvalue weighted by Gasteiger charge is -2.08. The third-order valence-corrected chi connectivity index (χ3v) is 3.07. The number of ether oxygens (including phenoxy) is 1. The van der Waals surface area contributed by atoms with Crippen LogP contribution in [0.5, 0.6) is 5.88 Å². The molecule has 1 N–H and O–H groups in total. The zero-order chi connectivity index (χ0) is 13.1. The molecule has 0 aromatic carbocycles. The van der Waals surface area contributed by atoms with Gasteiger partial charge in [0.1, 0.15) is 0 Å². The Balaban J connectivity index is 2.07. The molecule has 0 unspecified atom stereocenters. The smallest absolute Gasteiger partial charge is 0.217 e. The summed E-state index contributed by atoms with van der Waals surface area (Å²) in [5, 5.41) is 3.45. The lowest BCUT2D eigenvalue weighted by atomic mass is 10.1. The van der Waals surface area contributed by atoms with E-state index in [0.717, 1.165) is 24.5 Å². The normalized spacial score (nSPS) is 10.6. The Hall–Kier alpha value is -1.09. The highest BCUT2D eigenvalue weighted by Gasteiger charge is 2.01. The van der Waals surface area contributed by atoms with Gasteiger partial charge in [0, 0.05) is 18.3 Å². The maximum Gasteiger partial charge on any atom is 0.217 e. The molecular weight excluding hydrogens is 224 g/mol. The number of rotatable bonds is 10. The van der Waals surface area contributed by atoms with Crippen LogP contribution in [0.1, 0.15) is 51.0 Å². The predicted octanol–water partition coefficient (Wildman–Crippen LogP) is 3.54. The van der Waals surface area contributed by atoms with Gasteiger partial charge in [-0.3, -0.25) is 0 Å². The van der Waals surface area contributed by atoms with Crippen LogP contribution in [0.2, 0.25) is 0 Å². The van der Waals surface area contributed by atoms with E-state index in [9.17, 15) is 0 Å². The van der Waals surface area contributed by atoms with E-state index in [2.05, 4.69) is 23.3 Å². The Bertz CT molecular complexity index is 315. The van der Waals surface area contributed by atoms with Crippen molar-refractivity contribution >= 4 is 0 Å². The molecule has 0 aliphatic carbocycles. The minimum Gasteiger partial charge on any atom is -0.481 e. The Morgan fingerprint density at radius 2 is 1.94 bits per heavy atom. The van der Waals surface area contributed by atoms with Crippen LogP contribution in [0, 0.1) is 0 Å². The second-order valence-corrected chi connectivity index (χ2v) is 4.62. The molecule has 0 atom stereocenters. The van der Waals surface area contributed by atoms with Crippen molar-refractivity contribution in [2.24, 2.45) is 0 Å². The molecule has 1 heterocycles. The van der Waals surface area contributed by atoms with Gasteiger partial charge in [0.05, 0.1) is 7.11 Å². The average Bonchev–Trinajstić information content (AvgIpc) is 2.42. The van der Waals surface area contributed by atoms with E-state index in [1.54, 1.807) is 13.3 Å². The van der Waals surface area contributed by atoms with Gasteiger partial charge in [-0.25, -0.2) is 4.98 Å². The first-order chi connectivity index (χ1) is 8.88. The number of nitrogens with zero attached hydrogens (tertiary/aromatic N) is 1. The maximum absolute atomic E-state index is 5.22. The molecule has 102 valence electrons. The number of aromatic nitrogens is 1. The van der Waals surface area contributed by atoms with Gasteiger partial charge < -0.3 is 10.1 Å². The van der Waals surface area contributed by atoms with Crippen LogP contribution in [0.25, 0.3) is 0 Å². The number of methoxy groups -OCH3 is 1. The molecule has 0 aliphatic heterocycles. The first-order valence-electron chi connectivity index (χ1n) is 7.07. The van der Waals surface area contributed by atoms with Crippen molar-refractivity contribution in [1.82, 2.24) is 10.3 Å². The SMILES string of the molecule is CCCCCCCCNCc1cccnc1OC. The molecule has 1 rings (SSSR count). The molecule has 0 saturated carbocycles. The summed E-state index contributed by atoms with van der Waals surface area (Å²) in [5.74, 6) is 0.730. The van der Waals surface area contributed by atoms with Gasteiger partial charge in [0.15, 0.2) is 0 Å². The highest BCUT2D eigenvalue weighted by Crippen LogP contribution is 2.12. The molecule has 0 aliphatic rings. The van der Waals surface area contributed by atoms with Crippen molar-refractivity contribution in [2.45, 2.75) is 52.0 Å². The fourth-order valence-electron chi connectivity index (χ4n) is 2.00. The zero-order valence-electron chi connectivity index (χ0n) is 11.7. The largest absolute Gasteiger partial charge is 0.481 e. The number of unbranched alkanes of at least 4 members (excludes halogenated alkanes) is 5. The van der Waals surface area contributed by atoms with Crippen molar-refractivity contribution in [2.75, 3.05) is 13.7 Å². The standard InChI is InChI=1S/C15H26N2O/c1-3-4-5-6-7-8-11-16-13-14-10-9-12-17-15(14)18-2/h9-10,12,16H,3-8,11,13H2,1-2H3. The van der Waals surface area contributed by atoms with Gasteiger partial charge in [-0.05, 0) is 19.0 Å². The summed E-state index contributed by atoms with van der Waals surface area (Å²) in [7, 11) is 1.67. The minimum absolute atomic E-state index is 0.730. The molecule has 3 heteroatoms. The molecule has 0 fully saturated rings. The van der Waals surface area contributed by atoms with E-state index in [1.807, 2.05) is 6.07 Å². The van der Waals surface area contributed by atoms with Crippen molar-refractivity contribution in [3.05, 3.63) is 23.9 Å². The summed E-state index contributed by atoms with van der Waals surface area (Å²) < 4.78 is 5.22.